The van der Waals surface area contributed by atoms with Crippen LogP contribution in [0, 0.1) is 6.92 Å². The average Bonchev–Trinajstić information content (AvgIpc) is 2.35. The number of rotatable bonds is 3. The smallest absolute Gasteiger partial charge is 0.337 e. The van der Waals surface area contributed by atoms with Crippen molar-refractivity contribution in [3.05, 3.63) is 64.7 Å². The number of carboxylic acid groups (broad SMARTS) is 1. The molecule has 92 valence electrons. The van der Waals surface area contributed by atoms with Gasteiger partial charge in [-0.15, -0.1) is 0 Å². The van der Waals surface area contributed by atoms with Crippen LogP contribution in [0.1, 0.15) is 27.0 Å². The molecule has 0 aliphatic heterocycles. The van der Waals surface area contributed by atoms with Crippen molar-refractivity contribution in [2.75, 3.05) is 5.73 Å². The lowest BCUT2D eigenvalue weighted by atomic mass is 9.96. The second kappa shape index (κ2) is 4.92. The highest BCUT2D eigenvalue weighted by atomic mass is 16.4. The molecule has 0 saturated carbocycles. The summed E-state index contributed by atoms with van der Waals surface area (Å²) in [6.07, 6.45) is 0.652. The van der Waals surface area contributed by atoms with Gasteiger partial charge in [0.15, 0.2) is 0 Å². The number of aryl methyl sites for hydroxylation is 1. The van der Waals surface area contributed by atoms with E-state index in [0.717, 1.165) is 16.7 Å². The van der Waals surface area contributed by atoms with Gasteiger partial charge in [0.1, 0.15) is 0 Å². The molecule has 0 heterocycles. The Labute approximate surface area is 106 Å². The van der Waals surface area contributed by atoms with Crippen molar-refractivity contribution in [3.8, 4) is 0 Å². The predicted octanol–water partition coefficient (Wildman–Crippen LogP) is 2.87. The predicted molar refractivity (Wildman–Crippen MR) is 71.8 cm³/mol. The molecule has 0 aliphatic carbocycles. The lowest BCUT2D eigenvalue weighted by Gasteiger charge is -2.12. The Hall–Kier alpha value is -2.29. The van der Waals surface area contributed by atoms with E-state index in [9.17, 15) is 4.79 Å². The van der Waals surface area contributed by atoms with Gasteiger partial charge in [-0.05, 0) is 36.1 Å². The molecule has 0 spiro atoms. The molecule has 0 aliphatic rings. The van der Waals surface area contributed by atoms with Crippen LogP contribution in [0.5, 0.6) is 0 Å². The zero-order valence-electron chi connectivity index (χ0n) is 10.2. The van der Waals surface area contributed by atoms with Crippen molar-refractivity contribution in [1.29, 1.82) is 0 Å². The molecular formula is C15H15NO2. The first-order valence-corrected chi connectivity index (χ1v) is 5.74. The van der Waals surface area contributed by atoms with E-state index in [4.69, 9.17) is 10.8 Å². The average molecular weight is 241 g/mol. The molecule has 0 unspecified atom stereocenters. The largest absolute Gasteiger partial charge is 0.478 e. The van der Waals surface area contributed by atoms with E-state index in [-0.39, 0.29) is 5.56 Å². The summed E-state index contributed by atoms with van der Waals surface area (Å²) in [6.45, 7) is 1.94. The first kappa shape index (κ1) is 12.2. The zero-order valence-corrected chi connectivity index (χ0v) is 10.2. The van der Waals surface area contributed by atoms with Crippen LogP contribution in [0.3, 0.4) is 0 Å². The summed E-state index contributed by atoms with van der Waals surface area (Å²) in [5, 5.41) is 9.07. The van der Waals surface area contributed by atoms with E-state index >= 15 is 0 Å². The quantitative estimate of drug-likeness (QED) is 0.812. The minimum atomic E-state index is -0.984. The summed E-state index contributed by atoms with van der Waals surface area (Å²) < 4.78 is 0. The van der Waals surface area contributed by atoms with E-state index in [0.29, 0.717) is 12.1 Å². The standard InChI is InChI=1S/C15H15NO2/c1-10-7-8-12(15(17)18)14(16)13(10)9-11-5-3-2-4-6-11/h2-8H,9,16H2,1H3,(H,17,18). The van der Waals surface area contributed by atoms with Crippen molar-refractivity contribution < 1.29 is 9.90 Å². The Morgan fingerprint density at radius 3 is 2.44 bits per heavy atom. The number of hydrogen-bond acceptors (Lipinski definition) is 2. The summed E-state index contributed by atoms with van der Waals surface area (Å²) in [6, 6.07) is 13.2. The maximum atomic E-state index is 11.1. The highest BCUT2D eigenvalue weighted by molar-refractivity contribution is 5.94. The maximum Gasteiger partial charge on any atom is 0.337 e. The Morgan fingerprint density at radius 1 is 1.17 bits per heavy atom. The Kier molecular flexibility index (Phi) is 3.33. The van der Waals surface area contributed by atoms with Crippen molar-refractivity contribution in [1.82, 2.24) is 0 Å². The second-order valence-electron chi connectivity index (χ2n) is 4.29. The fraction of sp³-hybridized carbons (Fsp3) is 0.133. The summed E-state index contributed by atoms with van der Waals surface area (Å²) in [5.74, 6) is -0.984. The van der Waals surface area contributed by atoms with E-state index < -0.39 is 5.97 Å². The third kappa shape index (κ3) is 2.35. The van der Waals surface area contributed by atoms with Gasteiger partial charge in [0, 0.05) is 5.69 Å². The highest BCUT2D eigenvalue weighted by Crippen LogP contribution is 2.24. The minimum Gasteiger partial charge on any atom is -0.478 e. The monoisotopic (exact) mass is 241 g/mol. The first-order chi connectivity index (χ1) is 8.59. The van der Waals surface area contributed by atoms with Gasteiger partial charge in [-0.25, -0.2) is 4.79 Å². The fourth-order valence-electron chi connectivity index (χ4n) is 1.99. The highest BCUT2D eigenvalue weighted by Gasteiger charge is 2.13. The fourth-order valence-corrected chi connectivity index (χ4v) is 1.99. The number of carboxylic acids is 1. The summed E-state index contributed by atoms with van der Waals surface area (Å²) in [7, 11) is 0. The van der Waals surface area contributed by atoms with Crippen LogP contribution < -0.4 is 5.73 Å². The maximum absolute atomic E-state index is 11.1. The van der Waals surface area contributed by atoms with E-state index in [1.165, 1.54) is 0 Å². The van der Waals surface area contributed by atoms with Crippen molar-refractivity contribution in [3.63, 3.8) is 0 Å². The van der Waals surface area contributed by atoms with Crippen molar-refractivity contribution >= 4 is 11.7 Å². The van der Waals surface area contributed by atoms with Crippen LogP contribution in [0.4, 0.5) is 5.69 Å². The summed E-state index contributed by atoms with van der Waals surface area (Å²) >= 11 is 0. The molecular weight excluding hydrogens is 226 g/mol. The lowest BCUT2D eigenvalue weighted by Crippen LogP contribution is -2.07. The molecule has 3 heteroatoms. The van der Waals surface area contributed by atoms with Crippen molar-refractivity contribution in [2.45, 2.75) is 13.3 Å². The lowest BCUT2D eigenvalue weighted by molar-refractivity contribution is 0.0698. The van der Waals surface area contributed by atoms with Gasteiger partial charge >= 0.3 is 5.97 Å². The van der Waals surface area contributed by atoms with Crippen LogP contribution in [-0.2, 0) is 6.42 Å². The number of anilines is 1. The van der Waals surface area contributed by atoms with Crippen LogP contribution in [-0.4, -0.2) is 11.1 Å². The Bertz CT molecular complexity index is 577. The SMILES string of the molecule is Cc1ccc(C(=O)O)c(N)c1Cc1ccccc1. The number of nitrogens with two attached hydrogens (primary N) is 1. The molecule has 0 saturated heterocycles. The Balaban J connectivity index is 2.44. The number of aromatic carboxylic acids is 1. The van der Waals surface area contributed by atoms with Gasteiger partial charge < -0.3 is 10.8 Å². The molecule has 3 nitrogen and oxygen atoms in total. The molecule has 0 aromatic heterocycles. The number of carbonyl (C=O) groups is 1. The van der Waals surface area contributed by atoms with Crippen LogP contribution >= 0.6 is 0 Å². The minimum absolute atomic E-state index is 0.173. The summed E-state index contributed by atoms with van der Waals surface area (Å²) in [5.41, 5.74) is 9.52. The molecule has 2 rings (SSSR count). The molecule has 3 N–H and O–H groups in total. The van der Waals surface area contributed by atoms with Gasteiger partial charge in [-0.1, -0.05) is 36.4 Å². The third-order valence-electron chi connectivity index (χ3n) is 3.05. The van der Waals surface area contributed by atoms with Crippen LogP contribution in [0.2, 0.25) is 0 Å². The topological polar surface area (TPSA) is 63.3 Å². The van der Waals surface area contributed by atoms with Gasteiger partial charge in [0.25, 0.3) is 0 Å². The first-order valence-electron chi connectivity index (χ1n) is 5.74. The molecule has 0 amide bonds. The molecule has 2 aromatic rings. The summed E-state index contributed by atoms with van der Waals surface area (Å²) in [4.78, 5) is 11.1. The molecule has 0 bridgehead atoms. The van der Waals surface area contributed by atoms with Gasteiger partial charge in [0.05, 0.1) is 5.56 Å². The normalized spacial score (nSPS) is 10.3. The molecule has 2 aromatic carbocycles. The van der Waals surface area contributed by atoms with Crippen LogP contribution in [0.15, 0.2) is 42.5 Å². The van der Waals surface area contributed by atoms with E-state index in [2.05, 4.69) is 0 Å². The number of hydrogen-bond donors (Lipinski definition) is 2. The number of nitrogen functional groups attached to an aromatic ring is 1. The zero-order chi connectivity index (χ0) is 13.1. The third-order valence-corrected chi connectivity index (χ3v) is 3.05. The van der Waals surface area contributed by atoms with Gasteiger partial charge in [-0.3, -0.25) is 0 Å². The van der Waals surface area contributed by atoms with E-state index in [1.807, 2.05) is 37.3 Å². The second-order valence-corrected chi connectivity index (χ2v) is 4.29. The Morgan fingerprint density at radius 2 is 1.83 bits per heavy atom. The molecule has 18 heavy (non-hydrogen) atoms. The molecule has 0 atom stereocenters. The molecule has 0 radical (unpaired) electrons. The van der Waals surface area contributed by atoms with Crippen molar-refractivity contribution in [2.24, 2.45) is 0 Å². The molecule has 0 fully saturated rings. The van der Waals surface area contributed by atoms with Gasteiger partial charge in [0.2, 0.25) is 0 Å². The van der Waals surface area contributed by atoms with Gasteiger partial charge in [-0.2, -0.15) is 0 Å². The number of benzene rings is 2. The van der Waals surface area contributed by atoms with Crippen LogP contribution in [0.25, 0.3) is 0 Å². The van der Waals surface area contributed by atoms with E-state index in [1.54, 1.807) is 12.1 Å².